The molecule has 6 heteroatoms. The predicted molar refractivity (Wildman–Crippen MR) is 91.5 cm³/mol. The van der Waals surface area contributed by atoms with Gasteiger partial charge < -0.3 is 10.3 Å². The van der Waals surface area contributed by atoms with Gasteiger partial charge in [-0.3, -0.25) is 14.4 Å². The van der Waals surface area contributed by atoms with Crippen molar-refractivity contribution in [2.24, 2.45) is 5.92 Å². The lowest BCUT2D eigenvalue weighted by Gasteiger charge is -2.20. The topological polar surface area (TPSA) is 79.0 Å². The summed E-state index contributed by atoms with van der Waals surface area (Å²) in [5, 5.41) is 3.31. The maximum absolute atomic E-state index is 12.3. The molecule has 1 aromatic carbocycles. The van der Waals surface area contributed by atoms with Gasteiger partial charge in [-0.15, -0.1) is 0 Å². The molecule has 1 aromatic heterocycles. The summed E-state index contributed by atoms with van der Waals surface area (Å²) in [5.41, 5.74) is 1.43. The number of rotatable bonds is 3. The number of hydrogen-bond donors (Lipinski definition) is 2. The van der Waals surface area contributed by atoms with Crippen LogP contribution in [0.5, 0.6) is 0 Å². The predicted octanol–water partition coefficient (Wildman–Crippen LogP) is 2.72. The molecule has 124 valence electrons. The van der Waals surface area contributed by atoms with Crippen molar-refractivity contribution in [3.8, 4) is 0 Å². The second kappa shape index (κ2) is 6.61. The molecule has 1 aliphatic rings. The molecule has 1 atom stereocenters. The van der Waals surface area contributed by atoms with Gasteiger partial charge in [0.1, 0.15) is 5.56 Å². The number of carbonyl (C=O) groups excluding carboxylic acids is 2. The molecular weight excluding hydrogens is 328 g/mol. The molecule has 3 rings (SSSR count). The SMILES string of the molecule is C[C@H]1CC(=O)c2cc(C(=O)NCc3ccc(Cl)cc3)c(=O)[nH]c2C1. The Balaban J connectivity index is 1.80. The second-order valence-corrected chi connectivity index (χ2v) is 6.59. The van der Waals surface area contributed by atoms with E-state index in [1.807, 2.05) is 6.92 Å². The van der Waals surface area contributed by atoms with Crippen LogP contribution in [0.15, 0.2) is 35.1 Å². The average Bonchev–Trinajstić information content (AvgIpc) is 2.53. The summed E-state index contributed by atoms with van der Waals surface area (Å²) in [6, 6.07) is 8.47. The molecule has 0 bridgehead atoms. The summed E-state index contributed by atoms with van der Waals surface area (Å²) in [7, 11) is 0. The van der Waals surface area contributed by atoms with Gasteiger partial charge in [0.05, 0.1) is 0 Å². The first-order valence-corrected chi connectivity index (χ1v) is 8.14. The Hall–Kier alpha value is -2.40. The highest BCUT2D eigenvalue weighted by molar-refractivity contribution is 6.30. The number of Topliss-reactive ketones (excluding diaryl/α,β-unsaturated/α-hetero) is 1. The minimum absolute atomic E-state index is 0.0354. The molecule has 1 aliphatic carbocycles. The number of aromatic amines is 1. The third-order valence-electron chi connectivity index (χ3n) is 4.12. The van der Waals surface area contributed by atoms with Gasteiger partial charge in [0, 0.05) is 29.2 Å². The first kappa shape index (κ1) is 16.5. The highest BCUT2D eigenvalue weighted by Gasteiger charge is 2.25. The Bertz CT molecular complexity index is 856. The van der Waals surface area contributed by atoms with E-state index < -0.39 is 11.5 Å². The van der Waals surface area contributed by atoms with E-state index in [2.05, 4.69) is 10.3 Å². The van der Waals surface area contributed by atoms with Crippen LogP contribution < -0.4 is 10.9 Å². The number of fused-ring (bicyclic) bond motifs is 1. The minimum atomic E-state index is -0.500. The normalized spacial score (nSPS) is 16.6. The summed E-state index contributed by atoms with van der Waals surface area (Å²) < 4.78 is 0. The van der Waals surface area contributed by atoms with E-state index in [1.54, 1.807) is 24.3 Å². The Morgan fingerprint density at radius 2 is 1.96 bits per heavy atom. The largest absolute Gasteiger partial charge is 0.348 e. The van der Waals surface area contributed by atoms with Gasteiger partial charge in [-0.05, 0) is 36.1 Å². The first-order valence-electron chi connectivity index (χ1n) is 7.76. The molecule has 2 N–H and O–H groups in total. The van der Waals surface area contributed by atoms with Crippen molar-refractivity contribution in [1.82, 2.24) is 10.3 Å². The fourth-order valence-corrected chi connectivity index (χ4v) is 3.00. The lowest BCUT2D eigenvalue weighted by atomic mass is 9.86. The average molecular weight is 345 g/mol. The minimum Gasteiger partial charge on any atom is -0.348 e. The van der Waals surface area contributed by atoms with Crippen molar-refractivity contribution < 1.29 is 9.59 Å². The third-order valence-corrected chi connectivity index (χ3v) is 4.37. The maximum Gasteiger partial charge on any atom is 0.261 e. The lowest BCUT2D eigenvalue weighted by molar-refractivity contribution is 0.0949. The molecule has 0 unspecified atom stereocenters. The van der Waals surface area contributed by atoms with Gasteiger partial charge in [0.2, 0.25) is 0 Å². The van der Waals surface area contributed by atoms with Crippen molar-refractivity contribution in [3.63, 3.8) is 0 Å². The van der Waals surface area contributed by atoms with Gasteiger partial charge in [-0.25, -0.2) is 0 Å². The van der Waals surface area contributed by atoms with Crippen molar-refractivity contribution in [1.29, 1.82) is 0 Å². The number of aromatic nitrogens is 1. The molecule has 0 saturated heterocycles. The van der Waals surface area contributed by atoms with Crippen LogP contribution in [0.1, 0.15) is 45.3 Å². The second-order valence-electron chi connectivity index (χ2n) is 6.15. The highest BCUT2D eigenvalue weighted by Crippen LogP contribution is 2.23. The van der Waals surface area contributed by atoms with E-state index in [4.69, 9.17) is 11.6 Å². The van der Waals surface area contributed by atoms with Gasteiger partial charge in [0.25, 0.3) is 11.5 Å². The number of hydrogen-bond acceptors (Lipinski definition) is 3. The number of benzene rings is 1. The molecule has 5 nitrogen and oxygen atoms in total. The van der Waals surface area contributed by atoms with E-state index in [1.165, 1.54) is 6.07 Å². The summed E-state index contributed by atoms with van der Waals surface area (Å²) >= 11 is 5.82. The van der Waals surface area contributed by atoms with Gasteiger partial charge in [0.15, 0.2) is 5.78 Å². The Labute approximate surface area is 144 Å². The van der Waals surface area contributed by atoms with Crippen molar-refractivity contribution in [3.05, 3.63) is 68.1 Å². The van der Waals surface area contributed by atoms with Crippen molar-refractivity contribution in [2.75, 3.05) is 0 Å². The number of pyridine rings is 1. The van der Waals surface area contributed by atoms with Crippen LogP contribution in [-0.2, 0) is 13.0 Å². The number of H-pyrrole nitrogens is 1. The number of amides is 1. The highest BCUT2D eigenvalue weighted by atomic mass is 35.5. The summed E-state index contributed by atoms with van der Waals surface area (Å²) in [4.78, 5) is 39.3. The van der Waals surface area contributed by atoms with Crippen LogP contribution in [0.4, 0.5) is 0 Å². The number of nitrogens with one attached hydrogen (secondary N) is 2. The van der Waals surface area contributed by atoms with Crippen LogP contribution in [0.2, 0.25) is 5.02 Å². The molecule has 0 radical (unpaired) electrons. The molecule has 0 spiro atoms. The zero-order valence-corrected chi connectivity index (χ0v) is 13.9. The Kier molecular flexibility index (Phi) is 4.53. The fraction of sp³-hybridized carbons (Fsp3) is 0.278. The number of ketones is 1. The quantitative estimate of drug-likeness (QED) is 0.898. The molecular formula is C18H17ClN2O3. The van der Waals surface area contributed by atoms with Gasteiger partial charge in [-0.1, -0.05) is 30.7 Å². The van der Waals surface area contributed by atoms with E-state index in [-0.39, 0.29) is 23.8 Å². The molecule has 1 amide bonds. The van der Waals surface area contributed by atoms with Crippen LogP contribution in [-0.4, -0.2) is 16.7 Å². The third kappa shape index (κ3) is 3.41. The van der Waals surface area contributed by atoms with E-state index in [0.29, 0.717) is 29.1 Å². The van der Waals surface area contributed by atoms with Crippen LogP contribution in [0.3, 0.4) is 0 Å². The zero-order chi connectivity index (χ0) is 17.3. The van der Waals surface area contributed by atoms with E-state index in [9.17, 15) is 14.4 Å². The Morgan fingerprint density at radius 1 is 1.25 bits per heavy atom. The molecule has 24 heavy (non-hydrogen) atoms. The van der Waals surface area contributed by atoms with E-state index >= 15 is 0 Å². The number of carbonyl (C=O) groups is 2. The van der Waals surface area contributed by atoms with Crippen LogP contribution in [0.25, 0.3) is 0 Å². The van der Waals surface area contributed by atoms with Gasteiger partial charge in [-0.2, -0.15) is 0 Å². The molecule has 0 saturated carbocycles. The maximum atomic E-state index is 12.3. The molecule has 2 aromatic rings. The van der Waals surface area contributed by atoms with Gasteiger partial charge >= 0.3 is 0 Å². The van der Waals surface area contributed by atoms with Crippen molar-refractivity contribution >= 4 is 23.3 Å². The molecule has 0 fully saturated rings. The Morgan fingerprint density at radius 3 is 2.67 bits per heavy atom. The fourth-order valence-electron chi connectivity index (χ4n) is 2.87. The summed E-state index contributed by atoms with van der Waals surface area (Å²) in [6.45, 7) is 2.24. The smallest absolute Gasteiger partial charge is 0.261 e. The molecule has 0 aliphatic heterocycles. The standard InChI is InChI=1S/C18H17ClN2O3/c1-10-6-15-13(16(22)7-10)8-14(18(24)21-15)17(23)20-9-11-2-4-12(19)5-3-11/h2-5,8,10H,6-7,9H2,1H3,(H,20,23)(H,21,24)/t10-/m1/s1. The lowest BCUT2D eigenvalue weighted by Crippen LogP contribution is -2.32. The zero-order valence-electron chi connectivity index (χ0n) is 13.2. The van der Waals surface area contributed by atoms with Crippen LogP contribution in [0, 0.1) is 5.92 Å². The van der Waals surface area contributed by atoms with E-state index in [0.717, 1.165) is 5.56 Å². The van der Waals surface area contributed by atoms with Crippen LogP contribution >= 0.6 is 11.6 Å². The number of halogens is 1. The monoisotopic (exact) mass is 344 g/mol. The molecule has 1 heterocycles. The summed E-state index contributed by atoms with van der Waals surface area (Å²) in [6.07, 6.45) is 1.08. The first-order chi connectivity index (χ1) is 11.4. The summed E-state index contributed by atoms with van der Waals surface area (Å²) in [5.74, 6) is -0.336. The van der Waals surface area contributed by atoms with Crippen molar-refractivity contribution in [2.45, 2.75) is 26.3 Å².